The number of carbonyl (C=O) groups is 2. The van der Waals surface area contributed by atoms with Gasteiger partial charge in [-0.2, -0.15) is 0 Å². The van der Waals surface area contributed by atoms with Gasteiger partial charge in [-0.05, 0) is 30.7 Å². The molecule has 0 saturated heterocycles. The van der Waals surface area contributed by atoms with E-state index < -0.39 is 11.9 Å². The van der Waals surface area contributed by atoms with E-state index in [1.165, 1.54) is 12.6 Å². The molecular formula is C17H16N4O4. The van der Waals surface area contributed by atoms with Crippen LogP contribution in [0.4, 0.5) is 4.79 Å². The zero-order valence-electron chi connectivity index (χ0n) is 13.5. The van der Waals surface area contributed by atoms with E-state index in [9.17, 15) is 14.4 Å². The van der Waals surface area contributed by atoms with Crippen molar-refractivity contribution >= 4 is 22.8 Å². The molecule has 128 valence electrons. The number of carbonyl (C=O) groups excluding carboxylic acids is 2. The van der Waals surface area contributed by atoms with E-state index in [-0.39, 0.29) is 18.6 Å². The number of nitrogens with one attached hydrogen (secondary N) is 2. The molecular weight excluding hydrogens is 324 g/mol. The van der Waals surface area contributed by atoms with E-state index in [1.807, 2.05) is 13.0 Å². The third-order valence-corrected chi connectivity index (χ3v) is 3.63. The number of imide groups is 1. The maximum atomic E-state index is 12.4. The van der Waals surface area contributed by atoms with Crippen molar-refractivity contribution in [2.24, 2.45) is 0 Å². The molecule has 0 fully saturated rings. The largest absolute Gasteiger partial charge is 0.467 e. The van der Waals surface area contributed by atoms with Crippen LogP contribution in [0.15, 0.2) is 52.1 Å². The Hall–Kier alpha value is -3.42. The monoisotopic (exact) mass is 340 g/mol. The van der Waals surface area contributed by atoms with Crippen LogP contribution < -0.4 is 16.2 Å². The molecule has 3 rings (SSSR count). The van der Waals surface area contributed by atoms with Crippen molar-refractivity contribution in [3.63, 3.8) is 0 Å². The molecule has 0 radical (unpaired) electrons. The van der Waals surface area contributed by atoms with Gasteiger partial charge in [0, 0.05) is 0 Å². The second-order valence-electron chi connectivity index (χ2n) is 5.46. The molecule has 1 aromatic carbocycles. The van der Waals surface area contributed by atoms with Crippen LogP contribution in [0.2, 0.25) is 0 Å². The normalized spacial score (nSPS) is 10.6. The molecule has 0 saturated carbocycles. The number of hydrogen-bond acceptors (Lipinski definition) is 5. The molecule has 0 aliphatic carbocycles. The first-order valence-electron chi connectivity index (χ1n) is 7.59. The van der Waals surface area contributed by atoms with Crippen LogP contribution in [0, 0.1) is 6.92 Å². The van der Waals surface area contributed by atoms with E-state index >= 15 is 0 Å². The second-order valence-corrected chi connectivity index (χ2v) is 5.46. The van der Waals surface area contributed by atoms with Gasteiger partial charge in [0.1, 0.15) is 12.3 Å². The SMILES string of the molecule is Cc1cccc2c(=O)n(CC(=O)NC(=O)NCc3ccco3)cnc12. The summed E-state index contributed by atoms with van der Waals surface area (Å²) in [6, 6.07) is 8.00. The van der Waals surface area contributed by atoms with Crippen molar-refractivity contribution in [3.8, 4) is 0 Å². The first kappa shape index (κ1) is 16.4. The Balaban J connectivity index is 1.64. The Labute approximate surface area is 142 Å². The van der Waals surface area contributed by atoms with Gasteiger partial charge in [-0.25, -0.2) is 9.78 Å². The van der Waals surface area contributed by atoms with Crippen molar-refractivity contribution in [3.05, 3.63) is 64.6 Å². The van der Waals surface area contributed by atoms with Crippen LogP contribution in [0.3, 0.4) is 0 Å². The van der Waals surface area contributed by atoms with Crippen molar-refractivity contribution in [2.75, 3.05) is 0 Å². The Morgan fingerprint density at radius 2 is 2.08 bits per heavy atom. The number of hydrogen-bond donors (Lipinski definition) is 2. The molecule has 3 aromatic rings. The molecule has 25 heavy (non-hydrogen) atoms. The number of benzene rings is 1. The molecule has 0 atom stereocenters. The number of para-hydroxylation sites is 1. The van der Waals surface area contributed by atoms with Crippen molar-refractivity contribution < 1.29 is 14.0 Å². The summed E-state index contributed by atoms with van der Waals surface area (Å²) in [5, 5.41) is 5.07. The van der Waals surface area contributed by atoms with Crippen molar-refractivity contribution in [2.45, 2.75) is 20.0 Å². The zero-order chi connectivity index (χ0) is 17.8. The van der Waals surface area contributed by atoms with Crippen molar-refractivity contribution in [1.29, 1.82) is 0 Å². The van der Waals surface area contributed by atoms with Gasteiger partial charge in [-0.3, -0.25) is 19.5 Å². The van der Waals surface area contributed by atoms with E-state index in [0.717, 1.165) is 10.1 Å². The molecule has 2 N–H and O–H groups in total. The third-order valence-electron chi connectivity index (χ3n) is 3.63. The van der Waals surface area contributed by atoms with Gasteiger partial charge >= 0.3 is 6.03 Å². The lowest BCUT2D eigenvalue weighted by molar-refractivity contribution is -0.120. The summed E-state index contributed by atoms with van der Waals surface area (Å²) in [6.45, 7) is 1.71. The highest BCUT2D eigenvalue weighted by atomic mass is 16.3. The lowest BCUT2D eigenvalue weighted by Gasteiger charge is -2.08. The van der Waals surface area contributed by atoms with E-state index in [2.05, 4.69) is 15.6 Å². The summed E-state index contributed by atoms with van der Waals surface area (Å²) < 4.78 is 6.23. The quantitative estimate of drug-likeness (QED) is 0.745. The molecule has 0 aliphatic heterocycles. The molecule has 0 unspecified atom stereocenters. The lowest BCUT2D eigenvalue weighted by Crippen LogP contribution is -2.41. The zero-order valence-corrected chi connectivity index (χ0v) is 13.5. The maximum Gasteiger partial charge on any atom is 0.321 e. The third kappa shape index (κ3) is 3.74. The van der Waals surface area contributed by atoms with Gasteiger partial charge in [0.2, 0.25) is 5.91 Å². The Bertz CT molecular complexity index is 976. The highest BCUT2D eigenvalue weighted by Gasteiger charge is 2.12. The topological polar surface area (TPSA) is 106 Å². The maximum absolute atomic E-state index is 12.4. The van der Waals surface area contributed by atoms with Gasteiger partial charge in [-0.1, -0.05) is 12.1 Å². The molecule has 0 aliphatic rings. The highest BCUT2D eigenvalue weighted by molar-refractivity contribution is 5.94. The number of aromatic nitrogens is 2. The summed E-state index contributed by atoms with van der Waals surface area (Å²) >= 11 is 0. The van der Waals surface area contributed by atoms with Crippen LogP contribution in [-0.2, 0) is 17.9 Å². The summed E-state index contributed by atoms with van der Waals surface area (Å²) in [5.41, 5.74) is 1.14. The molecule has 8 heteroatoms. The van der Waals surface area contributed by atoms with Gasteiger partial charge in [0.25, 0.3) is 5.56 Å². The number of aryl methyl sites for hydroxylation is 1. The summed E-state index contributed by atoms with van der Waals surface area (Å²) in [4.78, 5) is 40.3. The Morgan fingerprint density at radius 3 is 2.84 bits per heavy atom. The second kappa shape index (κ2) is 7.00. The Morgan fingerprint density at radius 1 is 1.24 bits per heavy atom. The number of amides is 3. The van der Waals surface area contributed by atoms with Gasteiger partial charge in [0.15, 0.2) is 0 Å². The smallest absolute Gasteiger partial charge is 0.321 e. The van der Waals surface area contributed by atoms with Crippen LogP contribution in [0.1, 0.15) is 11.3 Å². The van der Waals surface area contributed by atoms with Crippen LogP contribution in [0.5, 0.6) is 0 Å². The summed E-state index contributed by atoms with van der Waals surface area (Å²) in [6.07, 6.45) is 2.79. The number of fused-ring (bicyclic) bond motifs is 1. The first-order chi connectivity index (χ1) is 12.0. The minimum Gasteiger partial charge on any atom is -0.467 e. The molecule has 0 bridgehead atoms. The van der Waals surface area contributed by atoms with Crippen molar-refractivity contribution in [1.82, 2.24) is 20.2 Å². The van der Waals surface area contributed by atoms with Gasteiger partial charge in [0.05, 0.1) is 30.0 Å². The summed E-state index contributed by atoms with van der Waals surface area (Å²) in [5.74, 6) is -0.0548. The fraction of sp³-hybridized carbons (Fsp3) is 0.176. The minimum absolute atomic E-state index is 0.156. The predicted octanol–water partition coefficient (Wildman–Crippen LogP) is 1.32. The Kier molecular flexibility index (Phi) is 4.60. The van der Waals surface area contributed by atoms with Crippen LogP contribution >= 0.6 is 0 Å². The number of rotatable bonds is 4. The standard InChI is InChI=1S/C17H16N4O4/c1-11-4-2-6-13-15(11)19-10-21(16(13)23)9-14(22)20-17(24)18-8-12-5-3-7-25-12/h2-7,10H,8-9H2,1H3,(H2,18,20,22,24). The van der Waals surface area contributed by atoms with E-state index in [4.69, 9.17) is 4.42 Å². The fourth-order valence-electron chi connectivity index (χ4n) is 2.40. The fourth-order valence-corrected chi connectivity index (χ4v) is 2.40. The first-order valence-corrected chi connectivity index (χ1v) is 7.59. The average Bonchev–Trinajstić information content (AvgIpc) is 3.10. The predicted molar refractivity (Wildman–Crippen MR) is 89.8 cm³/mol. The van der Waals surface area contributed by atoms with Crippen LogP contribution in [0.25, 0.3) is 10.9 Å². The van der Waals surface area contributed by atoms with Gasteiger partial charge in [-0.15, -0.1) is 0 Å². The van der Waals surface area contributed by atoms with Crippen LogP contribution in [-0.4, -0.2) is 21.5 Å². The number of urea groups is 1. The number of furan rings is 1. The molecule has 8 nitrogen and oxygen atoms in total. The summed E-state index contributed by atoms with van der Waals surface area (Å²) in [7, 11) is 0. The highest BCUT2D eigenvalue weighted by Crippen LogP contribution is 2.11. The van der Waals surface area contributed by atoms with E-state index in [0.29, 0.717) is 16.7 Å². The molecule has 0 spiro atoms. The molecule has 2 heterocycles. The molecule has 2 aromatic heterocycles. The van der Waals surface area contributed by atoms with Gasteiger partial charge < -0.3 is 9.73 Å². The lowest BCUT2D eigenvalue weighted by atomic mass is 10.1. The molecule has 3 amide bonds. The number of nitrogens with zero attached hydrogens (tertiary/aromatic N) is 2. The van der Waals surface area contributed by atoms with E-state index in [1.54, 1.807) is 24.3 Å². The average molecular weight is 340 g/mol. The minimum atomic E-state index is -0.668.